The van der Waals surface area contributed by atoms with Crippen LogP contribution in [0.2, 0.25) is 5.02 Å². The summed E-state index contributed by atoms with van der Waals surface area (Å²) in [5.74, 6) is 0.135. The number of piperidine rings is 1. The molecule has 0 aromatic heterocycles. The molecule has 144 valence electrons. The zero-order valence-corrected chi connectivity index (χ0v) is 17.2. The first-order valence-corrected chi connectivity index (χ1v) is 9.95. The number of nitrogens with two attached hydrogens (primary N) is 1. The van der Waals surface area contributed by atoms with Crippen LogP contribution in [0.4, 0.5) is 0 Å². The molecule has 0 bridgehead atoms. The van der Waals surface area contributed by atoms with Crippen molar-refractivity contribution in [2.75, 3.05) is 26.2 Å². The van der Waals surface area contributed by atoms with Crippen LogP contribution in [0.5, 0.6) is 5.75 Å². The van der Waals surface area contributed by atoms with Gasteiger partial charge in [0.2, 0.25) is 5.91 Å². The van der Waals surface area contributed by atoms with Crippen molar-refractivity contribution in [2.45, 2.75) is 32.3 Å². The molecular weight excluding hydrogens is 422 g/mol. The zero-order chi connectivity index (χ0) is 19.1. The lowest BCUT2D eigenvalue weighted by atomic mass is 9.97. The Morgan fingerprint density at radius 2 is 2.27 bits per heavy atom. The van der Waals surface area contributed by atoms with Crippen LogP contribution in [0.15, 0.2) is 22.7 Å². The number of halogens is 2. The number of carbonyl (C=O) groups excluding carboxylic acids is 2. The summed E-state index contributed by atoms with van der Waals surface area (Å²) in [4.78, 5) is 25.7. The normalized spacial score (nSPS) is 19.0. The summed E-state index contributed by atoms with van der Waals surface area (Å²) in [7, 11) is 0. The van der Waals surface area contributed by atoms with Gasteiger partial charge in [-0.2, -0.15) is 0 Å². The third kappa shape index (κ3) is 6.45. The second kappa shape index (κ2) is 10.1. The van der Waals surface area contributed by atoms with E-state index >= 15 is 0 Å². The number of hydrogen-bond donors (Lipinski definition) is 2. The molecule has 1 aliphatic rings. The van der Waals surface area contributed by atoms with E-state index in [-0.39, 0.29) is 17.7 Å². The predicted octanol–water partition coefficient (Wildman–Crippen LogP) is 2.57. The lowest BCUT2D eigenvalue weighted by molar-refractivity contribution is -0.127. The maximum absolute atomic E-state index is 12.2. The first kappa shape index (κ1) is 21.0. The van der Waals surface area contributed by atoms with E-state index in [1.165, 1.54) is 0 Å². The Morgan fingerprint density at radius 3 is 2.96 bits per heavy atom. The minimum Gasteiger partial charge on any atom is -0.480 e. The van der Waals surface area contributed by atoms with Crippen molar-refractivity contribution in [2.24, 2.45) is 11.7 Å². The number of primary amides is 1. The van der Waals surface area contributed by atoms with Crippen molar-refractivity contribution >= 4 is 39.3 Å². The minimum absolute atomic E-state index is 0.0513. The molecule has 1 aliphatic heterocycles. The largest absolute Gasteiger partial charge is 0.480 e. The summed E-state index contributed by atoms with van der Waals surface area (Å²) in [6.45, 7) is 4.79. The number of nitrogens with zero attached hydrogens (tertiary/aromatic N) is 1. The van der Waals surface area contributed by atoms with Gasteiger partial charge in [-0.05, 0) is 73.4 Å². The fourth-order valence-corrected chi connectivity index (χ4v) is 3.74. The second-order valence-corrected chi connectivity index (χ2v) is 7.81. The molecule has 0 radical (unpaired) electrons. The molecule has 2 rings (SSSR count). The second-order valence-electron chi connectivity index (χ2n) is 6.52. The third-order valence-electron chi connectivity index (χ3n) is 4.43. The first-order chi connectivity index (χ1) is 12.4. The van der Waals surface area contributed by atoms with Crippen LogP contribution in [-0.4, -0.2) is 49.0 Å². The van der Waals surface area contributed by atoms with Gasteiger partial charge in [0.05, 0.1) is 10.4 Å². The number of hydrogen-bond acceptors (Lipinski definition) is 4. The van der Waals surface area contributed by atoms with Crippen molar-refractivity contribution in [3.63, 3.8) is 0 Å². The summed E-state index contributed by atoms with van der Waals surface area (Å²) in [6.07, 6.45) is 2.06. The summed E-state index contributed by atoms with van der Waals surface area (Å²) >= 11 is 9.26. The van der Waals surface area contributed by atoms with Gasteiger partial charge in [-0.15, -0.1) is 0 Å². The van der Waals surface area contributed by atoms with Crippen molar-refractivity contribution < 1.29 is 14.3 Å². The van der Waals surface area contributed by atoms with Gasteiger partial charge in [0.15, 0.2) is 6.10 Å². The maximum Gasteiger partial charge on any atom is 0.260 e. The lowest BCUT2D eigenvalue weighted by Gasteiger charge is -2.31. The predicted molar refractivity (Wildman–Crippen MR) is 105 cm³/mol. The van der Waals surface area contributed by atoms with E-state index in [2.05, 4.69) is 26.1 Å². The fraction of sp³-hybridized carbons (Fsp3) is 0.556. The van der Waals surface area contributed by atoms with E-state index in [1.54, 1.807) is 25.1 Å². The number of ether oxygens (including phenoxy) is 1. The molecule has 1 aromatic carbocycles. The monoisotopic (exact) mass is 445 g/mol. The van der Waals surface area contributed by atoms with E-state index in [4.69, 9.17) is 22.1 Å². The van der Waals surface area contributed by atoms with Gasteiger partial charge in [-0.25, -0.2) is 0 Å². The number of likely N-dealkylation sites (tertiary alicyclic amines) is 1. The van der Waals surface area contributed by atoms with Gasteiger partial charge in [-0.1, -0.05) is 11.6 Å². The molecule has 3 N–H and O–H groups in total. The summed E-state index contributed by atoms with van der Waals surface area (Å²) in [6, 6.07) is 5.16. The zero-order valence-electron chi connectivity index (χ0n) is 14.8. The Hall–Kier alpha value is -1.31. The van der Waals surface area contributed by atoms with Crippen LogP contribution in [0.1, 0.15) is 26.2 Å². The Balaban J connectivity index is 1.68. The van der Waals surface area contributed by atoms with Crippen molar-refractivity contribution in [3.05, 3.63) is 27.7 Å². The minimum atomic E-state index is -0.610. The lowest BCUT2D eigenvalue weighted by Crippen LogP contribution is -2.42. The Labute approximate surface area is 167 Å². The quantitative estimate of drug-likeness (QED) is 0.601. The van der Waals surface area contributed by atoms with Gasteiger partial charge in [0.1, 0.15) is 5.75 Å². The van der Waals surface area contributed by atoms with E-state index < -0.39 is 6.10 Å². The SMILES string of the molecule is CC(Oc1ccc(Cl)cc1Br)C(=O)NCCCN1CCCC(C(N)=O)C1. The Bertz CT molecular complexity index is 644. The smallest absolute Gasteiger partial charge is 0.260 e. The molecule has 1 heterocycles. The number of benzene rings is 1. The fourth-order valence-electron chi connectivity index (χ4n) is 2.96. The molecule has 0 saturated carbocycles. The highest BCUT2D eigenvalue weighted by molar-refractivity contribution is 9.10. The topological polar surface area (TPSA) is 84.7 Å². The molecule has 2 atom stereocenters. The van der Waals surface area contributed by atoms with Gasteiger partial charge in [-0.3, -0.25) is 9.59 Å². The molecule has 2 unspecified atom stereocenters. The maximum atomic E-state index is 12.2. The standard InChI is InChI=1S/C18H25BrClN3O3/c1-12(26-16-6-5-14(20)10-15(16)19)18(25)22-7-3-9-23-8-2-4-13(11-23)17(21)24/h5-6,10,12-13H,2-4,7-9,11H2,1H3,(H2,21,24)(H,22,25). The highest BCUT2D eigenvalue weighted by Crippen LogP contribution is 2.28. The van der Waals surface area contributed by atoms with Crippen LogP contribution in [-0.2, 0) is 9.59 Å². The van der Waals surface area contributed by atoms with E-state index in [9.17, 15) is 9.59 Å². The summed E-state index contributed by atoms with van der Waals surface area (Å²) in [5.41, 5.74) is 5.39. The highest BCUT2D eigenvalue weighted by Gasteiger charge is 2.23. The van der Waals surface area contributed by atoms with Crippen LogP contribution in [0, 0.1) is 5.92 Å². The molecule has 1 aromatic rings. The molecular formula is C18H25BrClN3O3. The molecule has 8 heteroatoms. The average molecular weight is 447 g/mol. The van der Waals surface area contributed by atoms with Crippen molar-refractivity contribution in [1.82, 2.24) is 10.2 Å². The molecule has 1 fully saturated rings. The molecule has 2 amide bonds. The molecule has 0 spiro atoms. The number of amides is 2. The van der Waals surface area contributed by atoms with Crippen molar-refractivity contribution in [1.29, 1.82) is 0 Å². The summed E-state index contributed by atoms with van der Waals surface area (Å²) < 4.78 is 6.38. The Kier molecular flexibility index (Phi) is 8.18. The molecule has 26 heavy (non-hydrogen) atoms. The van der Waals surface area contributed by atoms with Gasteiger partial charge < -0.3 is 20.7 Å². The van der Waals surface area contributed by atoms with Gasteiger partial charge in [0, 0.05) is 18.1 Å². The summed E-state index contributed by atoms with van der Waals surface area (Å²) in [5, 5.41) is 3.48. The number of carbonyl (C=O) groups is 2. The van der Waals surface area contributed by atoms with Gasteiger partial charge >= 0.3 is 0 Å². The van der Waals surface area contributed by atoms with Crippen LogP contribution < -0.4 is 15.8 Å². The molecule has 1 saturated heterocycles. The van der Waals surface area contributed by atoms with Crippen molar-refractivity contribution in [3.8, 4) is 5.75 Å². The number of nitrogens with one attached hydrogen (secondary N) is 1. The molecule has 0 aliphatic carbocycles. The highest BCUT2D eigenvalue weighted by atomic mass is 79.9. The average Bonchev–Trinajstić information content (AvgIpc) is 2.61. The van der Waals surface area contributed by atoms with Crippen LogP contribution >= 0.6 is 27.5 Å². The van der Waals surface area contributed by atoms with Crippen LogP contribution in [0.25, 0.3) is 0 Å². The van der Waals surface area contributed by atoms with Crippen LogP contribution in [0.3, 0.4) is 0 Å². The van der Waals surface area contributed by atoms with E-state index in [1.807, 2.05) is 0 Å². The first-order valence-electron chi connectivity index (χ1n) is 8.78. The third-order valence-corrected chi connectivity index (χ3v) is 5.28. The van der Waals surface area contributed by atoms with E-state index in [0.717, 1.165) is 32.4 Å². The molecule has 6 nitrogen and oxygen atoms in total. The van der Waals surface area contributed by atoms with E-state index in [0.29, 0.717) is 28.3 Å². The number of rotatable bonds is 8. The Morgan fingerprint density at radius 1 is 1.50 bits per heavy atom. The van der Waals surface area contributed by atoms with Gasteiger partial charge in [0.25, 0.3) is 5.91 Å².